The summed E-state index contributed by atoms with van der Waals surface area (Å²) in [5.41, 5.74) is 6.91. The Morgan fingerprint density at radius 2 is 1.27 bits per heavy atom. The molecule has 10 aromatic rings. The van der Waals surface area contributed by atoms with E-state index in [0.717, 1.165) is 38.6 Å². The largest absolute Gasteiger partial charge is 0.456 e. The highest BCUT2D eigenvalue weighted by atomic mass is 32.1. The molecule has 3 heterocycles. The van der Waals surface area contributed by atoms with Gasteiger partial charge in [-0.25, -0.2) is 15.0 Å². The van der Waals surface area contributed by atoms with Gasteiger partial charge in [-0.3, -0.25) is 0 Å². The number of furan rings is 1. The molecule has 4 nitrogen and oxygen atoms in total. The molecule has 0 bridgehead atoms. The van der Waals surface area contributed by atoms with Crippen LogP contribution < -0.4 is 0 Å². The quantitative estimate of drug-likeness (QED) is 0.176. The van der Waals surface area contributed by atoms with Crippen molar-refractivity contribution in [3.63, 3.8) is 0 Å². The Labute approximate surface area is 305 Å². The normalized spacial score (nSPS) is 13.0. The van der Waals surface area contributed by atoms with Crippen LogP contribution in [0.4, 0.5) is 0 Å². The minimum Gasteiger partial charge on any atom is -0.456 e. The number of aromatic nitrogens is 3. The molecule has 0 aliphatic heterocycles. The average Bonchev–Trinajstić information content (AvgIpc) is 3.81. The molecule has 0 N–H and O–H groups in total. The molecule has 0 radical (unpaired) electrons. The lowest BCUT2D eigenvalue weighted by atomic mass is 9.98. The van der Waals surface area contributed by atoms with E-state index in [-0.39, 0.29) is 29.7 Å². The Kier molecular flexibility index (Phi) is 5.88. The summed E-state index contributed by atoms with van der Waals surface area (Å²) in [7, 11) is 0. The molecule has 0 saturated carbocycles. The maximum absolute atomic E-state index is 8.56. The summed E-state index contributed by atoms with van der Waals surface area (Å²) in [5, 5.41) is 4.52. The summed E-state index contributed by atoms with van der Waals surface area (Å²) in [4.78, 5) is 14.9. The van der Waals surface area contributed by atoms with Crippen LogP contribution in [0.5, 0.6) is 0 Å². The van der Waals surface area contributed by atoms with Crippen LogP contribution in [-0.2, 0) is 6.42 Å². The van der Waals surface area contributed by atoms with Gasteiger partial charge in [0.15, 0.2) is 11.6 Å². The molecular weight excluding hydrogens is 643 g/mol. The lowest BCUT2D eigenvalue weighted by molar-refractivity contribution is 0.668. The summed E-state index contributed by atoms with van der Waals surface area (Å²) in [6.45, 7) is 0. The number of rotatable bonds is 6. The predicted molar refractivity (Wildman–Crippen MR) is 211 cm³/mol. The van der Waals surface area contributed by atoms with Crippen LogP contribution in [0.15, 0.2) is 168 Å². The summed E-state index contributed by atoms with van der Waals surface area (Å²) in [5.74, 6) is 1.46. The van der Waals surface area contributed by atoms with Crippen LogP contribution in [0.1, 0.15) is 18.2 Å². The first-order chi connectivity index (χ1) is 27.3. The molecule has 0 spiro atoms. The average molecular weight is 677 g/mol. The number of benzene rings is 7. The number of hydrogen-bond acceptors (Lipinski definition) is 5. The second-order valence-corrected chi connectivity index (χ2v) is 13.5. The maximum atomic E-state index is 8.56. The van der Waals surface area contributed by atoms with Crippen LogP contribution in [0, 0.1) is 0 Å². The smallest absolute Gasteiger partial charge is 0.163 e. The van der Waals surface area contributed by atoms with Crippen LogP contribution in [0.3, 0.4) is 0 Å². The molecule has 240 valence electrons. The SMILES string of the molecule is [2H]c1c([2H])c([2H])c(-c2cccc(-c3nc(Cc4cccc5oc6ccc(-c7cccc8c7sc7ccccc78)cc6c45)nc(-c4ccccc4)n3)c2)c([2H])c1[2H]. The van der Waals surface area contributed by atoms with Crippen molar-refractivity contribution in [2.75, 3.05) is 0 Å². The third-order valence-corrected chi connectivity index (χ3v) is 10.5. The van der Waals surface area contributed by atoms with E-state index in [1.54, 1.807) is 18.2 Å². The first-order valence-electron chi connectivity index (χ1n) is 19.2. The zero-order valence-corrected chi connectivity index (χ0v) is 27.9. The van der Waals surface area contributed by atoms with Gasteiger partial charge in [0.05, 0.1) is 6.85 Å². The van der Waals surface area contributed by atoms with E-state index in [0.29, 0.717) is 35.0 Å². The van der Waals surface area contributed by atoms with Crippen LogP contribution >= 0.6 is 11.3 Å². The standard InChI is InChI=1S/C46H29N3OS/c1-3-12-29(13-4-1)31-16-9-18-34(26-31)46-48-42(47-45(49-46)30-14-5-2-6-15-30)28-33-17-10-22-40-43(33)38-27-32(24-25-39(38)50-40)35-20-11-21-37-36-19-7-8-23-41(36)51-44(35)37/h1-27H,28H2/i1D,3D,4D,12D,13D. The molecule has 0 aliphatic rings. The van der Waals surface area contributed by atoms with Gasteiger partial charge >= 0.3 is 0 Å². The Balaban J connectivity index is 1.10. The molecule has 0 atom stereocenters. The summed E-state index contributed by atoms with van der Waals surface area (Å²) in [6.07, 6.45) is 0.389. The molecular formula is C46H29N3OS. The van der Waals surface area contributed by atoms with E-state index in [2.05, 4.69) is 66.7 Å². The van der Waals surface area contributed by atoms with E-state index in [1.807, 2.05) is 59.9 Å². The van der Waals surface area contributed by atoms with Crippen molar-refractivity contribution in [1.82, 2.24) is 15.0 Å². The van der Waals surface area contributed by atoms with Gasteiger partial charge in [-0.05, 0) is 58.1 Å². The highest BCUT2D eigenvalue weighted by Gasteiger charge is 2.18. The fraction of sp³-hybridized carbons (Fsp3) is 0.0217. The third-order valence-electron chi connectivity index (χ3n) is 9.27. The van der Waals surface area contributed by atoms with E-state index < -0.39 is 6.04 Å². The highest BCUT2D eigenvalue weighted by Crippen LogP contribution is 2.42. The molecule has 0 unspecified atom stereocenters. The Morgan fingerprint density at radius 3 is 2.18 bits per heavy atom. The summed E-state index contributed by atoms with van der Waals surface area (Å²) >= 11 is 1.81. The summed E-state index contributed by atoms with van der Waals surface area (Å²) in [6, 6.07) is 42.7. The zero-order valence-electron chi connectivity index (χ0n) is 32.1. The molecule has 0 amide bonds. The van der Waals surface area contributed by atoms with Gasteiger partial charge in [-0.2, -0.15) is 0 Å². The van der Waals surface area contributed by atoms with E-state index in [1.165, 1.54) is 25.7 Å². The molecule has 0 saturated heterocycles. The number of fused-ring (bicyclic) bond motifs is 6. The van der Waals surface area contributed by atoms with Crippen molar-refractivity contribution in [3.8, 4) is 45.0 Å². The second-order valence-electron chi connectivity index (χ2n) is 12.4. The predicted octanol–water partition coefficient (Wildman–Crippen LogP) is 12.4. The highest BCUT2D eigenvalue weighted by molar-refractivity contribution is 7.26. The van der Waals surface area contributed by atoms with Crippen molar-refractivity contribution >= 4 is 53.4 Å². The lowest BCUT2D eigenvalue weighted by Gasteiger charge is -2.10. The van der Waals surface area contributed by atoms with Crippen LogP contribution in [-0.4, -0.2) is 15.0 Å². The summed E-state index contributed by atoms with van der Waals surface area (Å²) < 4.78 is 50.6. The van der Waals surface area contributed by atoms with Crippen LogP contribution in [0.2, 0.25) is 0 Å². The second kappa shape index (κ2) is 12.2. The molecule has 7 aromatic carbocycles. The van der Waals surface area contributed by atoms with E-state index >= 15 is 0 Å². The fourth-order valence-electron chi connectivity index (χ4n) is 6.91. The molecule has 3 aromatic heterocycles. The van der Waals surface area contributed by atoms with Gasteiger partial charge in [0, 0.05) is 48.5 Å². The number of thiophene rings is 1. The lowest BCUT2D eigenvalue weighted by Crippen LogP contribution is -2.04. The first kappa shape index (κ1) is 24.7. The van der Waals surface area contributed by atoms with E-state index in [9.17, 15) is 0 Å². The van der Waals surface area contributed by atoms with Crippen molar-refractivity contribution in [2.45, 2.75) is 6.42 Å². The molecule has 5 heteroatoms. The molecule has 0 aliphatic carbocycles. The minimum absolute atomic E-state index is 0.122. The molecule has 10 rings (SSSR count). The van der Waals surface area contributed by atoms with Crippen LogP contribution in [0.25, 0.3) is 87.1 Å². The third kappa shape index (κ3) is 5.27. The van der Waals surface area contributed by atoms with Gasteiger partial charge in [0.25, 0.3) is 0 Å². The molecule has 0 fully saturated rings. The zero-order chi connectivity index (χ0) is 38.1. The Hall–Kier alpha value is -6.43. The van der Waals surface area contributed by atoms with Gasteiger partial charge < -0.3 is 4.42 Å². The number of hydrogen-bond donors (Lipinski definition) is 0. The van der Waals surface area contributed by atoms with Crippen molar-refractivity contribution in [1.29, 1.82) is 0 Å². The van der Waals surface area contributed by atoms with Gasteiger partial charge in [-0.1, -0.05) is 133 Å². The van der Waals surface area contributed by atoms with E-state index in [4.69, 9.17) is 26.2 Å². The first-order valence-corrected chi connectivity index (χ1v) is 17.5. The van der Waals surface area contributed by atoms with Crippen molar-refractivity contribution in [2.24, 2.45) is 0 Å². The monoisotopic (exact) mass is 676 g/mol. The fourth-order valence-corrected chi connectivity index (χ4v) is 8.15. The Bertz CT molecular complexity index is 3170. The topological polar surface area (TPSA) is 51.8 Å². The minimum atomic E-state index is -0.431. The van der Waals surface area contributed by atoms with Gasteiger partial charge in [-0.15, -0.1) is 11.3 Å². The van der Waals surface area contributed by atoms with Crippen molar-refractivity contribution < 1.29 is 11.3 Å². The van der Waals surface area contributed by atoms with Gasteiger partial charge in [0.1, 0.15) is 17.0 Å². The Morgan fingerprint density at radius 1 is 0.529 bits per heavy atom. The van der Waals surface area contributed by atoms with Crippen molar-refractivity contribution in [3.05, 3.63) is 175 Å². The maximum Gasteiger partial charge on any atom is 0.163 e. The van der Waals surface area contributed by atoms with Gasteiger partial charge in [0.2, 0.25) is 0 Å². The molecule has 51 heavy (non-hydrogen) atoms. The number of nitrogens with zero attached hydrogens (tertiary/aromatic N) is 3.